The predicted octanol–water partition coefficient (Wildman–Crippen LogP) is 2.30. The summed E-state index contributed by atoms with van der Waals surface area (Å²) in [6.45, 7) is -2.66. The molecule has 1 aromatic carbocycles. The molecule has 16 heavy (non-hydrogen) atoms. The number of rotatable bonds is 5. The van der Waals surface area contributed by atoms with Gasteiger partial charge in [-0.05, 0) is 5.56 Å². The number of aldehydes is 1. The summed E-state index contributed by atoms with van der Waals surface area (Å²) in [5, 5.41) is 8.90. The van der Waals surface area contributed by atoms with Crippen LogP contribution in [0.2, 0.25) is 0 Å². The van der Waals surface area contributed by atoms with Gasteiger partial charge in [-0.15, -0.1) is 0 Å². The molecule has 0 atom stereocenters. The van der Waals surface area contributed by atoms with E-state index in [1.54, 1.807) is 24.3 Å². The third-order valence-electron chi connectivity index (χ3n) is 1.90. The molecule has 1 rings (SSSR count). The fourth-order valence-electron chi connectivity index (χ4n) is 1.12. The highest BCUT2D eigenvalue weighted by molar-refractivity contribution is 6.08. The lowest BCUT2D eigenvalue weighted by Crippen LogP contribution is -2.13. The first-order valence-corrected chi connectivity index (χ1v) is 4.48. The Hall–Kier alpha value is -2.04. The monoisotopic (exact) mass is 224 g/mol. The minimum absolute atomic E-state index is 0.317. The van der Waals surface area contributed by atoms with Crippen molar-refractivity contribution in [2.75, 3.05) is 0 Å². The fourth-order valence-corrected chi connectivity index (χ4v) is 1.12. The van der Waals surface area contributed by atoms with E-state index in [9.17, 15) is 13.6 Å². The molecule has 0 aliphatic heterocycles. The highest BCUT2D eigenvalue weighted by Gasteiger charge is 2.01. The van der Waals surface area contributed by atoms with Crippen LogP contribution in [0.4, 0.5) is 8.78 Å². The van der Waals surface area contributed by atoms with Crippen LogP contribution in [-0.2, 0) is 0 Å². The topological polar surface area (TPSA) is 53.0 Å². The molecule has 0 spiro atoms. The van der Waals surface area contributed by atoms with E-state index in [2.05, 4.69) is 0 Å². The van der Waals surface area contributed by atoms with Gasteiger partial charge in [0.25, 0.3) is 0 Å². The average molecular weight is 224 g/mol. The molecule has 0 aliphatic carbocycles. The molecular weight excluding hydrogens is 214 g/mol. The van der Waals surface area contributed by atoms with Gasteiger partial charge in [0.1, 0.15) is 6.29 Å². The zero-order valence-electron chi connectivity index (χ0n) is 8.28. The van der Waals surface area contributed by atoms with Crippen molar-refractivity contribution in [1.82, 2.24) is 5.32 Å². The molecule has 1 aromatic rings. The van der Waals surface area contributed by atoms with Crippen molar-refractivity contribution in [2.24, 2.45) is 0 Å². The lowest BCUT2D eigenvalue weighted by atomic mass is 10.1. The Bertz CT molecular complexity index is 399. The highest BCUT2D eigenvalue weighted by Crippen LogP contribution is 2.12. The second-order valence-corrected chi connectivity index (χ2v) is 2.95. The standard InChI is InChI=1S/C11H10F2N2O/c12-11(13)15-6-10(5-14)9-3-1-8(7-16)2-4-9/h1-7,11,14-15H/b10-6+,14-5?. The molecule has 3 nitrogen and oxygen atoms in total. The highest BCUT2D eigenvalue weighted by atomic mass is 19.3. The van der Waals surface area contributed by atoms with Crippen LogP contribution in [0.25, 0.3) is 5.57 Å². The van der Waals surface area contributed by atoms with Gasteiger partial charge in [0.15, 0.2) is 0 Å². The zero-order chi connectivity index (χ0) is 12.0. The van der Waals surface area contributed by atoms with Gasteiger partial charge in [-0.1, -0.05) is 24.3 Å². The van der Waals surface area contributed by atoms with Crippen LogP contribution < -0.4 is 5.32 Å². The molecule has 5 heteroatoms. The summed E-state index contributed by atoms with van der Waals surface area (Å²) in [4.78, 5) is 10.4. The summed E-state index contributed by atoms with van der Waals surface area (Å²) in [7, 11) is 0. The Kier molecular flexibility index (Phi) is 4.32. The molecule has 0 amide bonds. The van der Waals surface area contributed by atoms with Crippen molar-refractivity contribution in [3.63, 3.8) is 0 Å². The van der Waals surface area contributed by atoms with Gasteiger partial charge in [-0.25, -0.2) is 0 Å². The van der Waals surface area contributed by atoms with E-state index in [-0.39, 0.29) is 0 Å². The largest absolute Gasteiger partial charge is 0.336 e. The number of hydrogen-bond donors (Lipinski definition) is 2. The molecule has 0 heterocycles. The SMILES string of the molecule is N=C/C(=C\NC(F)F)c1ccc(C=O)cc1. The number of hydrogen-bond acceptors (Lipinski definition) is 3. The molecular formula is C11H10F2N2O. The number of allylic oxidation sites excluding steroid dienone is 1. The molecule has 2 N–H and O–H groups in total. The van der Waals surface area contributed by atoms with Gasteiger partial charge in [-0.3, -0.25) is 4.79 Å². The third kappa shape index (κ3) is 3.27. The number of alkyl halides is 2. The number of carbonyl (C=O) groups excluding carboxylic acids is 1. The molecule has 0 unspecified atom stereocenters. The van der Waals surface area contributed by atoms with Gasteiger partial charge < -0.3 is 10.7 Å². The molecule has 0 saturated carbocycles. The van der Waals surface area contributed by atoms with Crippen molar-refractivity contribution >= 4 is 18.1 Å². The number of carbonyl (C=O) groups is 1. The van der Waals surface area contributed by atoms with Crippen LogP contribution >= 0.6 is 0 Å². The van der Waals surface area contributed by atoms with Crippen LogP contribution in [0.1, 0.15) is 15.9 Å². The van der Waals surface area contributed by atoms with Crippen molar-refractivity contribution in [3.8, 4) is 0 Å². The van der Waals surface area contributed by atoms with Crippen molar-refractivity contribution in [2.45, 2.75) is 6.55 Å². The van der Waals surface area contributed by atoms with Gasteiger partial charge in [0, 0.05) is 23.6 Å². The molecule has 0 aromatic heterocycles. The van der Waals surface area contributed by atoms with Crippen molar-refractivity contribution in [3.05, 3.63) is 41.6 Å². The number of halogens is 2. The lowest BCUT2D eigenvalue weighted by Gasteiger charge is -2.03. The van der Waals surface area contributed by atoms with Crippen LogP contribution in [0, 0.1) is 5.41 Å². The molecule has 0 aliphatic rings. The van der Waals surface area contributed by atoms with Crippen LogP contribution in [0.15, 0.2) is 30.5 Å². The quantitative estimate of drug-likeness (QED) is 0.458. The summed E-state index contributed by atoms with van der Waals surface area (Å²) in [6, 6.07) is 6.30. The summed E-state index contributed by atoms with van der Waals surface area (Å²) in [5.41, 5.74) is 1.40. The minimum atomic E-state index is -2.66. The van der Waals surface area contributed by atoms with Crippen LogP contribution in [0.5, 0.6) is 0 Å². The maximum absolute atomic E-state index is 11.9. The summed E-state index contributed by atoms with van der Waals surface area (Å²) >= 11 is 0. The first kappa shape index (κ1) is 12.0. The maximum atomic E-state index is 11.9. The molecule has 0 saturated heterocycles. The van der Waals surface area contributed by atoms with E-state index in [4.69, 9.17) is 5.41 Å². The van der Waals surface area contributed by atoms with E-state index in [0.29, 0.717) is 23.0 Å². The number of benzene rings is 1. The van der Waals surface area contributed by atoms with Crippen molar-refractivity contribution < 1.29 is 13.6 Å². The third-order valence-corrected chi connectivity index (χ3v) is 1.90. The van der Waals surface area contributed by atoms with Gasteiger partial charge in [0.2, 0.25) is 0 Å². The molecule has 0 radical (unpaired) electrons. The van der Waals surface area contributed by atoms with E-state index < -0.39 is 6.55 Å². The predicted molar refractivity (Wildman–Crippen MR) is 57.7 cm³/mol. The Labute approximate surface area is 91.3 Å². The number of nitrogens with one attached hydrogen (secondary N) is 2. The van der Waals surface area contributed by atoms with Gasteiger partial charge in [-0.2, -0.15) is 8.78 Å². The minimum Gasteiger partial charge on any atom is -0.336 e. The Morgan fingerprint density at radius 2 is 1.94 bits per heavy atom. The average Bonchev–Trinajstić information content (AvgIpc) is 2.30. The second-order valence-electron chi connectivity index (χ2n) is 2.95. The second kappa shape index (κ2) is 5.75. The summed E-state index contributed by atoms with van der Waals surface area (Å²) in [5.74, 6) is 0. The normalized spacial score (nSPS) is 11.3. The van der Waals surface area contributed by atoms with E-state index >= 15 is 0 Å². The Balaban J connectivity index is 2.90. The summed E-state index contributed by atoms with van der Waals surface area (Å²) < 4.78 is 23.8. The molecule has 0 bridgehead atoms. The smallest absolute Gasteiger partial charge is 0.312 e. The van der Waals surface area contributed by atoms with Gasteiger partial charge >= 0.3 is 6.55 Å². The zero-order valence-corrected chi connectivity index (χ0v) is 8.28. The molecule has 0 fully saturated rings. The van der Waals surface area contributed by atoms with E-state index in [1.807, 2.05) is 5.32 Å². The Morgan fingerprint density at radius 3 is 2.38 bits per heavy atom. The molecule has 84 valence electrons. The lowest BCUT2D eigenvalue weighted by molar-refractivity contribution is 0.112. The van der Waals surface area contributed by atoms with Gasteiger partial charge in [0.05, 0.1) is 0 Å². The Morgan fingerprint density at radius 1 is 1.31 bits per heavy atom. The first-order chi connectivity index (χ1) is 7.67. The van der Waals surface area contributed by atoms with Crippen molar-refractivity contribution in [1.29, 1.82) is 5.41 Å². The van der Waals surface area contributed by atoms with E-state index in [0.717, 1.165) is 12.4 Å². The van der Waals surface area contributed by atoms with Crippen LogP contribution in [0.3, 0.4) is 0 Å². The first-order valence-electron chi connectivity index (χ1n) is 4.48. The van der Waals surface area contributed by atoms with E-state index in [1.165, 1.54) is 0 Å². The summed E-state index contributed by atoms with van der Waals surface area (Å²) in [6.07, 6.45) is 2.72. The fraction of sp³-hybridized carbons (Fsp3) is 0.0909. The maximum Gasteiger partial charge on any atom is 0.312 e. The van der Waals surface area contributed by atoms with Crippen LogP contribution in [-0.4, -0.2) is 19.1 Å².